The van der Waals surface area contributed by atoms with Gasteiger partial charge in [-0.1, -0.05) is 146 Å². The molecule has 1 aliphatic carbocycles. The molecule has 0 bridgehead atoms. The number of ether oxygens (including phenoxy) is 2. The van der Waals surface area contributed by atoms with E-state index in [4.69, 9.17) is 14.5 Å². The Kier molecular flexibility index (Phi) is 12.0. The minimum absolute atomic E-state index is 0.0223. The average molecular weight is 709 g/mol. The lowest BCUT2D eigenvalue weighted by atomic mass is 9.70. The quantitative estimate of drug-likeness (QED) is 0.121. The lowest BCUT2D eigenvalue weighted by molar-refractivity contribution is -0.149. The van der Waals surface area contributed by atoms with Gasteiger partial charge in [0.1, 0.15) is 24.7 Å². The van der Waals surface area contributed by atoms with Gasteiger partial charge in [-0.2, -0.15) is 0 Å². The second-order valence-corrected chi connectivity index (χ2v) is 13.0. The van der Waals surface area contributed by atoms with Crippen LogP contribution in [0.4, 0.5) is 4.79 Å². The van der Waals surface area contributed by atoms with Crippen molar-refractivity contribution in [2.24, 2.45) is 5.92 Å². The summed E-state index contributed by atoms with van der Waals surface area (Å²) in [4.78, 5) is 47.0. The van der Waals surface area contributed by atoms with Crippen LogP contribution in [-0.4, -0.2) is 52.1 Å². The van der Waals surface area contributed by atoms with Crippen molar-refractivity contribution in [3.05, 3.63) is 186 Å². The molecular formula is C44H44N4O5. The van der Waals surface area contributed by atoms with Gasteiger partial charge in [-0.3, -0.25) is 9.59 Å². The Balaban J connectivity index is 1.38. The number of hydrogen-bond acceptors (Lipinski definition) is 6. The Labute approximate surface area is 310 Å². The predicted octanol–water partition coefficient (Wildman–Crippen LogP) is 7.41. The molecular weight excluding hydrogens is 665 g/mol. The number of esters is 1. The summed E-state index contributed by atoms with van der Waals surface area (Å²) in [5, 5.41) is 2.81. The maximum atomic E-state index is 14.6. The van der Waals surface area contributed by atoms with Gasteiger partial charge in [0, 0.05) is 18.5 Å². The summed E-state index contributed by atoms with van der Waals surface area (Å²) < 4.78 is 12.7. The molecule has 2 amide bonds. The highest BCUT2D eigenvalue weighted by Crippen LogP contribution is 2.44. The number of carbonyl (C=O) groups excluding carboxylic acids is 3. The molecule has 1 N–H and O–H groups in total. The topological polar surface area (TPSA) is 103 Å². The molecule has 3 atom stereocenters. The van der Waals surface area contributed by atoms with Gasteiger partial charge in [-0.25, -0.2) is 9.78 Å². The van der Waals surface area contributed by atoms with Crippen molar-refractivity contribution in [2.45, 2.75) is 44.0 Å². The summed E-state index contributed by atoms with van der Waals surface area (Å²) in [6.07, 6.45) is 12.4. The number of allylic oxidation sites excluding steroid dienone is 4. The Morgan fingerprint density at radius 1 is 0.868 bits per heavy atom. The Morgan fingerprint density at radius 2 is 1.47 bits per heavy atom. The van der Waals surface area contributed by atoms with Crippen LogP contribution >= 0.6 is 0 Å². The van der Waals surface area contributed by atoms with Crippen LogP contribution in [0.15, 0.2) is 158 Å². The molecule has 1 aliphatic rings. The van der Waals surface area contributed by atoms with Gasteiger partial charge in [-0.15, -0.1) is 0 Å². The molecule has 5 aromatic rings. The summed E-state index contributed by atoms with van der Waals surface area (Å²) in [7, 11) is 1.28. The van der Waals surface area contributed by atoms with Crippen LogP contribution in [0, 0.1) is 5.92 Å². The second-order valence-electron chi connectivity index (χ2n) is 13.0. The smallest absolute Gasteiger partial charge is 0.408 e. The number of nitrogens with one attached hydrogen (secondary N) is 1. The highest BCUT2D eigenvalue weighted by atomic mass is 16.5. The van der Waals surface area contributed by atoms with Gasteiger partial charge in [0.05, 0.1) is 25.2 Å². The number of benzene rings is 4. The lowest BCUT2D eigenvalue weighted by Crippen LogP contribution is -2.51. The van der Waals surface area contributed by atoms with Crippen molar-refractivity contribution < 1.29 is 23.9 Å². The van der Waals surface area contributed by atoms with Crippen LogP contribution in [0.3, 0.4) is 0 Å². The van der Waals surface area contributed by atoms with Crippen molar-refractivity contribution >= 4 is 18.0 Å². The van der Waals surface area contributed by atoms with Crippen molar-refractivity contribution in [3.8, 4) is 0 Å². The largest absolute Gasteiger partial charge is 0.468 e. The fourth-order valence-electron chi connectivity index (χ4n) is 7.06. The molecule has 0 spiro atoms. The summed E-state index contributed by atoms with van der Waals surface area (Å²) in [6, 6.07) is 37.8. The first-order valence-electron chi connectivity index (χ1n) is 17.8. The molecule has 0 saturated heterocycles. The standard InChI is InChI=1S/C44H44N4O5/c1-33(35-20-10-4-11-21-35)48(30-41(49)52-2)42(50)40(46-43(51)53-31-34-18-8-3-9-19-34)28-39-29-47(32-45-39)44(36-22-12-5-13-23-36,37-24-14-6-15-25-37)38-26-16-7-17-27-38/h3-26,29,32-33,38,40H,27-28,30-31H2,1-2H3,(H,46,51)/t33-,38?,40-/m0/s1. The van der Waals surface area contributed by atoms with Crippen LogP contribution < -0.4 is 5.32 Å². The Bertz CT molecular complexity index is 1970. The zero-order chi connectivity index (χ0) is 37.0. The molecule has 4 aromatic carbocycles. The molecule has 6 rings (SSSR count). The zero-order valence-electron chi connectivity index (χ0n) is 30.0. The summed E-state index contributed by atoms with van der Waals surface area (Å²) in [5.41, 5.74) is 3.68. The van der Waals surface area contributed by atoms with Crippen LogP contribution in [0.1, 0.15) is 47.3 Å². The third kappa shape index (κ3) is 8.47. The number of alkyl carbamates (subject to hydrolysis) is 1. The van der Waals surface area contributed by atoms with E-state index in [1.165, 1.54) is 12.0 Å². The van der Waals surface area contributed by atoms with E-state index in [-0.39, 0.29) is 25.5 Å². The van der Waals surface area contributed by atoms with Crippen LogP contribution in [0.25, 0.3) is 0 Å². The van der Waals surface area contributed by atoms with Gasteiger partial charge in [0.25, 0.3) is 0 Å². The normalized spacial score (nSPS) is 14.9. The third-order valence-electron chi connectivity index (χ3n) is 9.76. The van der Waals surface area contributed by atoms with Gasteiger partial charge in [0.2, 0.25) is 5.91 Å². The summed E-state index contributed by atoms with van der Waals surface area (Å²) in [6.45, 7) is 1.55. The lowest BCUT2D eigenvalue weighted by Gasteiger charge is -2.42. The number of carbonyl (C=O) groups is 3. The summed E-state index contributed by atoms with van der Waals surface area (Å²) in [5.74, 6) is -1.03. The molecule has 1 heterocycles. The number of methoxy groups -OCH3 is 1. The SMILES string of the molecule is COC(=O)CN(C(=O)[C@H](Cc1cn(C(c2ccccc2)(c2ccccc2)C2C=CC=CC2)cn1)NC(=O)OCc1ccccc1)[C@@H](C)c1ccccc1. The molecule has 0 radical (unpaired) electrons. The molecule has 1 unspecified atom stereocenters. The predicted molar refractivity (Wildman–Crippen MR) is 204 cm³/mol. The van der Waals surface area contributed by atoms with Crippen LogP contribution in [-0.2, 0) is 37.6 Å². The molecule has 9 heteroatoms. The van der Waals surface area contributed by atoms with Gasteiger partial charge in [-0.05, 0) is 35.6 Å². The summed E-state index contributed by atoms with van der Waals surface area (Å²) >= 11 is 0. The third-order valence-corrected chi connectivity index (χ3v) is 9.76. The molecule has 53 heavy (non-hydrogen) atoms. The van der Waals surface area contributed by atoms with Crippen LogP contribution in [0.5, 0.6) is 0 Å². The molecule has 1 aromatic heterocycles. The fraction of sp³-hybridized carbons (Fsp3) is 0.227. The van der Waals surface area contributed by atoms with Gasteiger partial charge < -0.3 is 24.3 Å². The molecule has 0 saturated carbocycles. The van der Waals surface area contributed by atoms with Crippen molar-refractivity contribution in [2.75, 3.05) is 13.7 Å². The molecule has 0 fully saturated rings. The zero-order valence-corrected chi connectivity index (χ0v) is 30.0. The van der Waals surface area contributed by atoms with Crippen LogP contribution in [0.2, 0.25) is 0 Å². The highest BCUT2D eigenvalue weighted by molar-refractivity contribution is 5.89. The van der Waals surface area contributed by atoms with Crippen molar-refractivity contribution in [1.82, 2.24) is 19.8 Å². The number of rotatable bonds is 14. The monoisotopic (exact) mass is 708 g/mol. The Morgan fingerprint density at radius 3 is 2.06 bits per heavy atom. The van der Waals surface area contributed by atoms with E-state index in [9.17, 15) is 14.4 Å². The van der Waals surface area contributed by atoms with E-state index in [1.54, 1.807) is 6.33 Å². The first kappa shape index (κ1) is 36.6. The van der Waals surface area contributed by atoms with Gasteiger partial charge in [0.15, 0.2) is 0 Å². The van der Waals surface area contributed by atoms with E-state index in [0.717, 1.165) is 28.7 Å². The van der Waals surface area contributed by atoms with E-state index >= 15 is 0 Å². The molecule has 9 nitrogen and oxygen atoms in total. The first-order chi connectivity index (χ1) is 25.9. The number of nitrogens with zero attached hydrogens (tertiary/aromatic N) is 3. The van der Waals surface area contributed by atoms with Gasteiger partial charge >= 0.3 is 12.1 Å². The molecule has 270 valence electrons. The van der Waals surface area contributed by atoms with E-state index in [1.807, 2.05) is 110 Å². The maximum Gasteiger partial charge on any atom is 0.408 e. The van der Waals surface area contributed by atoms with E-state index in [2.05, 4.69) is 58.5 Å². The Hall–Kier alpha value is -6.22. The average Bonchev–Trinajstić information content (AvgIpc) is 3.69. The number of aromatic nitrogens is 2. The minimum Gasteiger partial charge on any atom is -0.468 e. The number of amides is 2. The van der Waals surface area contributed by atoms with Crippen molar-refractivity contribution in [1.29, 1.82) is 0 Å². The molecule has 0 aliphatic heterocycles. The fourth-order valence-corrected chi connectivity index (χ4v) is 7.06. The number of hydrogen-bond donors (Lipinski definition) is 1. The number of imidazole rings is 1. The second kappa shape index (κ2) is 17.3. The highest BCUT2D eigenvalue weighted by Gasteiger charge is 2.43. The maximum absolute atomic E-state index is 14.6. The first-order valence-corrected chi connectivity index (χ1v) is 17.8. The van der Waals surface area contributed by atoms with Crippen molar-refractivity contribution in [3.63, 3.8) is 0 Å². The van der Waals surface area contributed by atoms with E-state index < -0.39 is 35.6 Å². The van der Waals surface area contributed by atoms with E-state index in [0.29, 0.717) is 5.69 Å². The minimum atomic E-state index is -1.13.